The molecular weight excluding hydrogens is 178 g/mol. The Kier molecular flexibility index (Phi) is 12.6. The van der Waals surface area contributed by atoms with Gasteiger partial charge in [0.05, 0.1) is 0 Å². The first-order valence-electron chi connectivity index (χ1n) is 5.76. The maximum atomic E-state index is 3.35. The molecule has 1 nitrogen and oxygen atoms in total. The zero-order valence-electron chi connectivity index (χ0n) is 9.27. The van der Waals surface area contributed by atoms with Crippen molar-refractivity contribution in [1.29, 1.82) is 0 Å². The molecule has 1 N–H and O–H groups in total. The fourth-order valence-corrected chi connectivity index (χ4v) is 1.82. The van der Waals surface area contributed by atoms with E-state index in [0.717, 1.165) is 0 Å². The van der Waals surface area contributed by atoms with Crippen molar-refractivity contribution < 1.29 is 0 Å². The van der Waals surface area contributed by atoms with Gasteiger partial charge >= 0.3 is 0 Å². The van der Waals surface area contributed by atoms with Crippen LogP contribution in [0.1, 0.15) is 58.8 Å². The normalized spacial score (nSPS) is 10.6. The fourth-order valence-electron chi connectivity index (χ4n) is 1.33. The Bertz CT molecular complexity index is 76.2. The Morgan fingerprint density at radius 3 is 2.08 bits per heavy atom. The Morgan fingerprint density at radius 1 is 0.846 bits per heavy atom. The van der Waals surface area contributed by atoms with Gasteiger partial charge in [0.15, 0.2) is 0 Å². The van der Waals surface area contributed by atoms with E-state index in [-0.39, 0.29) is 0 Å². The highest BCUT2D eigenvalue weighted by molar-refractivity contribution is 7.97. The van der Waals surface area contributed by atoms with Crippen LogP contribution in [-0.2, 0) is 0 Å². The van der Waals surface area contributed by atoms with Crippen LogP contribution >= 0.6 is 11.9 Å². The van der Waals surface area contributed by atoms with E-state index in [1.54, 1.807) is 0 Å². The lowest BCUT2D eigenvalue weighted by Gasteiger charge is -2.02. The molecule has 0 amide bonds. The molecule has 0 atom stereocenters. The summed E-state index contributed by atoms with van der Waals surface area (Å²) < 4.78 is 3.35. The molecule has 0 aliphatic carbocycles. The van der Waals surface area contributed by atoms with Crippen molar-refractivity contribution in [1.82, 2.24) is 4.72 Å². The minimum Gasteiger partial charge on any atom is -0.264 e. The van der Waals surface area contributed by atoms with Gasteiger partial charge in [0.25, 0.3) is 0 Å². The number of unbranched alkanes of at least 4 members (excludes halogenated alkanes) is 6. The molecule has 2 heteroatoms. The summed E-state index contributed by atoms with van der Waals surface area (Å²) >= 11 is 1.83. The molecule has 0 radical (unpaired) electrons. The van der Waals surface area contributed by atoms with E-state index in [2.05, 4.69) is 18.6 Å². The molecule has 0 aliphatic rings. The first-order chi connectivity index (χ1) is 6.41. The Morgan fingerprint density at radius 2 is 1.46 bits per heavy atom. The smallest absolute Gasteiger partial charge is 0.00585 e. The third-order valence-electron chi connectivity index (χ3n) is 2.13. The quantitative estimate of drug-likeness (QED) is 0.425. The summed E-state index contributed by atoms with van der Waals surface area (Å²) in [5, 5.41) is 0. The third-order valence-corrected chi connectivity index (χ3v) is 2.83. The molecule has 0 heterocycles. The van der Waals surface area contributed by atoms with Crippen LogP contribution in [0.5, 0.6) is 0 Å². The molecule has 0 spiro atoms. The molecule has 0 bridgehead atoms. The predicted octanol–water partition coefficient (Wildman–Crippen LogP) is 3.99. The fraction of sp³-hybridized carbons (Fsp3) is 1.00. The molecule has 0 rings (SSSR count). The second-order valence-corrected chi connectivity index (χ2v) is 4.60. The van der Waals surface area contributed by atoms with Crippen LogP contribution < -0.4 is 4.72 Å². The zero-order valence-corrected chi connectivity index (χ0v) is 10.1. The summed E-state index contributed by atoms with van der Waals surface area (Å²) in [7, 11) is 0. The molecule has 80 valence electrons. The van der Waals surface area contributed by atoms with E-state index in [9.17, 15) is 0 Å². The summed E-state index contributed by atoms with van der Waals surface area (Å²) in [5.74, 6) is 1.18. The highest BCUT2D eigenvalue weighted by atomic mass is 32.2. The lowest BCUT2D eigenvalue weighted by atomic mass is 10.1. The largest absolute Gasteiger partial charge is 0.264 e. The summed E-state index contributed by atoms with van der Waals surface area (Å²) in [6.07, 6.45) is 9.83. The Balaban J connectivity index is 2.76. The van der Waals surface area contributed by atoms with Crippen molar-refractivity contribution in [3.8, 4) is 0 Å². The van der Waals surface area contributed by atoms with Crippen LogP contribution in [0.3, 0.4) is 0 Å². The van der Waals surface area contributed by atoms with Crippen LogP contribution in [0.2, 0.25) is 0 Å². The van der Waals surface area contributed by atoms with E-state index in [0.29, 0.717) is 0 Å². The van der Waals surface area contributed by atoms with Crippen molar-refractivity contribution in [2.75, 3.05) is 12.3 Å². The second kappa shape index (κ2) is 12.3. The second-order valence-electron chi connectivity index (χ2n) is 3.45. The highest BCUT2D eigenvalue weighted by Gasteiger charge is 1.90. The zero-order chi connectivity index (χ0) is 9.78. The van der Waals surface area contributed by atoms with Gasteiger partial charge in [-0.25, -0.2) is 0 Å². The number of nitrogens with one attached hydrogen (secondary N) is 1. The number of hydrogen-bond acceptors (Lipinski definition) is 2. The molecule has 13 heavy (non-hydrogen) atoms. The average molecular weight is 203 g/mol. The van der Waals surface area contributed by atoms with Gasteiger partial charge in [-0.1, -0.05) is 64.3 Å². The van der Waals surface area contributed by atoms with Gasteiger partial charge in [-0.15, -0.1) is 0 Å². The van der Waals surface area contributed by atoms with Gasteiger partial charge < -0.3 is 0 Å². The minimum atomic E-state index is 1.18. The van der Waals surface area contributed by atoms with Crippen LogP contribution in [0.15, 0.2) is 0 Å². The van der Waals surface area contributed by atoms with E-state index >= 15 is 0 Å². The standard InChI is InChI=1S/C11H25NS/c1-3-5-6-7-8-9-10-11-12-13-4-2/h12H,3-11H2,1-2H3. The Labute approximate surface area is 88.2 Å². The Hall–Kier alpha value is 0.310. The maximum absolute atomic E-state index is 3.35. The van der Waals surface area contributed by atoms with E-state index in [4.69, 9.17) is 0 Å². The van der Waals surface area contributed by atoms with Crippen LogP contribution in [-0.4, -0.2) is 12.3 Å². The summed E-state index contributed by atoms with van der Waals surface area (Å²) in [6, 6.07) is 0. The van der Waals surface area contributed by atoms with E-state index < -0.39 is 0 Å². The minimum absolute atomic E-state index is 1.18. The van der Waals surface area contributed by atoms with Gasteiger partial charge in [0.2, 0.25) is 0 Å². The van der Waals surface area contributed by atoms with Crippen molar-refractivity contribution in [3.05, 3.63) is 0 Å². The SMILES string of the molecule is CCCCCCCCCNSCC. The first kappa shape index (κ1) is 13.3. The van der Waals surface area contributed by atoms with Crippen LogP contribution in [0.25, 0.3) is 0 Å². The highest BCUT2D eigenvalue weighted by Crippen LogP contribution is 2.06. The molecule has 0 saturated carbocycles. The van der Waals surface area contributed by atoms with E-state index in [1.807, 2.05) is 11.9 Å². The third kappa shape index (κ3) is 12.3. The average Bonchev–Trinajstić information content (AvgIpc) is 2.16. The maximum Gasteiger partial charge on any atom is 0.00585 e. The molecule has 0 fully saturated rings. The molecule has 0 unspecified atom stereocenters. The van der Waals surface area contributed by atoms with Gasteiger partial charge in [0, 0.05) is 12.3 Å². The van der Waals surface area contributed by atoms with Gasteiger partial charge in [-0.3, -0.25) is 4.72 Å². The molecule has 0 aliphatic heterocycles. The lowest BCUT2D eigenvalue weighted by molar-refractivity contribution is 0.588. The topological polar surface area (TPSA) is 12.0 Å². The van der Waals surface area contributed by atoms with Crippen molar-refractivity contribution in [2.24, 2.45) is 0 Å². The molecule has 0 aromatic rings. The summed E-state index contributed by atoms with van der Waals surface area (Å²) in [4.78, 5) is 0. The first-order valence-corrected chi connectivity index (χ1v) is 6.75. The van der Waals surface area contributed by atoms with E-state index in [1.165, 1.54) is 57.2 Å². The number of rotatable bonds is 10. The van der Waals surface area contributed by atoms with Crippen LogP contribution in [0, 0.1) is 0 Å². The van der Waals surface area contributed by atoms with Crippen LogP contribution in [0.4, 0.5) is 0 Å². The molecule has 0 saturated heterocycles. The molecule has 0 aromatic heterocycles. The van der Waals surface area contributed by atoms with Crippen molar-refractivity contribution >= 4 is 11.9 Å². The lowest BCUT2D eigenvalue weighted by Crippen LogP contribution is -2.05. The number of hydrogen-bond donors (Lipinski definition) is 1. The van der Waals surface area contributed by atoms with Crippen molar-refractivity contribution in [3.63, 3.8) is 0 Å². The molecular formula is C11H25NS. The predicted molar refractivity (Wildman–Crippen MR) is 64.1 cm³/mol. The monoisotopic (exact) mass is 203 g/mol. The molecule has 0 aromatic carbocycles. The summed E-state index contributed by atoms with van der Waals surface area (Å²) in [5.41, 5.74) is 0. The van der Waals surface area contributed by atoms with Gasteiger partial charge in [0.1, 0.15) is 0 Å². The summed E-state index contributed by atoms with van der Waals surface area (Å²) in [6.45, 7) is 5.64. The van der Waals surface area contributed by atoms with Crippen molar-refractivity contribution in [2.45, 2.75) is 58.8 Å². The van der Waals surface area contributed by atoms with Gasteiger partial charge in [-0.05, 0) is 6.42 Å². The van der Waals surface area contributed by atoms with Gasteiger partial charge in [-0.2, -0.15) is 0 Å².